The van der Waals surface area contributed by atoms with Crippen molar-refractivity contribution in [3.8, 4) is 0 Å². The fourth-order valence-corrected chi connectivity index (χ4v) is 2.63. The Balaban J connectivity index is 2.18. The summed E-state index contributed by atoms with van der Waals surface area (Å²) in [6, 6.07) is 4.78. The number of ketones is 1. The zero-order chi connectivity index (χ0) is 13.9. The quantitative estimate of drug-likeness (QED) is 0.554. The standard InChI is InChI=1S/C15H17F3O/c16-15(17,18)13-9-5-8-12(10-13)14(19)11-6-3-1-2-4-7-11/h5,8-11H,1-4,6-7H2. The van der Waals surface area contributed by atoms with Crippen LogP contribution in [-0.2, 0) is 6.18 Å². The van der Waals surface area contributed by atoms with E-state index in [1.54, 1.807) is 0 Å². The Labute approximate surface area is 110 Å². The molecule has 2 rings (SSSR count). The molecule has 0 unspecified atom stereocenters. The fourth-order valence-electron chi connectivity index (χ4n) is 2.63. The van der Waals surface area contributed by atoms with Gasteiger partial charge in [0.25, 0.3) is 0 Å². The van der Waals surface area contributed by atoms with Crippen molar-refractivity contribution in [3.05, 3.63) is 35.4 Å². The van der Waals surface area contributed by atoms with E-state index >= 15 is 0 Å². The second kappa shape index (κ2) is 5.76. The Bertz CT molecular complexity index is 443. The smallest absolute Gasteiger partial charge is 0.294 e. The molecule has 0 amide bonds. The van der Waals surface area contributed by atoms with Crippen LogP contribution in [0.4, 0.5) is 13.2 Å². The van der Waals surface area contributed by atoms with Crippen molar-refractivity contribution in [2.75, 3.05) is 0 Å². The van der Waals surface area contributed by atoms with Crippen LogP contribution in [0, 0.1) is 5.92 Å². The van der Waals surface area contributed by atoms with Crippen molar-refractivity contribution in [2.45, 2.75) is 44.7 Å². The summed E-state index contributed by atoms with van der Waals surface area (Å²) in [5.74, 6) is -0.237. The molecule has 1 nitrogen and oxygen atoms in total. The third-order valence-electron chi connectivity index (χ3n) is 3.70. The second-order valence-electron chi connectivity index (χ2n) is 5.13. The summed E-state index contributed by atoms with van der Waals surface area (Å²) < 4.78 is 37.9. The molecule has 0 N–H and O–H groups in total. The van der Waals surface area contributed by atoms with E-state index in [2.05, 4.69) is 0 Å². The summed E-state index contributed by atoms with van der Waals surface area (Å²) in [5.41, 5.74) is -0.548. The fraction of sp³-hybridized carbons (Fsp3) is 0.533. The predicted octanol–water partition coefficient (Wildman–Crippen LogP) is 4.86. The minimum Gasteiger partial charge on any atom is -0.294 e. The molecule has 19 heavy (non-hydrogen) atoms. The van der Waals surface area contributed by atoms with Crippen LogP contribution in [-0.4, -0.2) is 5.78 Å². The molecule has 1 aliphatic carbocycles. The zero-order valence-electron chi connectivity index (χ0n) is 10.7. The van der Waals surface area contributed by atoms with Gasteiger partial charge in [0, 0.05) is 11.5 Å². The molecule has 4 heteroatoms. The Morgan fingerprint density at radius 3 is 2.26 bits per heavy atom. The Kier molecular flexibility index (Phi) is 4.27. The average Bonchev–Trinajstić information content (AvgIpc) is 2.66. The molecule has 0 atom stereocenters. The highest BCUT2D eigenvalue weighted by molar-refractivity contribution is 5.98. The molecular formula is C15H17F3O. The Morgan fingerprint density at radius 2 is 1.68 bits per heavy atom. The van der Waals surface area contributed by atoms with Gasteiger partial charge in [-0.05, 0) is 25.0 Å². The van der Waals surface area contributed by atoms with Crippen LogP contribution >= 0.6 is 0 Å². The van der Waals surface area contributed by atoms with E-state index in [1.165, 1.54) is 12.1 Å². The van der Waals surface area contributed by atoms with Crippen molar-refractivity contribution < 1.29 is 18.0 Å². The highest BCUT2D eigenvalue weighted by atomic mass is 19.4. The van der Waals surface area contributed by atoms with Crippen LogP contribution < -0.4 is 0 Å². The van der Waals surface area contributed by atoms with E-state index in [0.29, 0.717) is 0 Å². The number of benzene rings is 1. The topological polar surface area (TPSA) is 17.1 Å². The number of halogens is 3. The van der Waals surface area contributed by atoms with E-state index in [4.69, 9.17) is 0 Å². The maximum Gasteiger partial charge on any atom is 0.416 e. The van der Waals surface area contributed by atoms with Gasteiger partial charge in [0.1, 0.15) is 0 Å². The first-order valence-electron chi connectivity index (χ1n) is 6.70. The number of carbonyl (C=O) groups is 1. The van der Waals surface area contributed by atoms with Gasteiger partial charge in [0.15, 0.2) is 5.78 Å². The molecule has 0 radical (unpaired) electrons. The lowest BCUT2D eigenvalue weighted by Gasteiger charge is -2.14. The van der Waals surface area contributed by atoms with Gasteiger partial charge in [-0.2, -0.15) is 13.2 Å². The van der Waals surface area contributed by atoms with Crippen LogP contribution in [0.5, 0.6) is 0 Å². The molecule has 0 aromatic heterocycles. The average molecular weight is 270 g/mol. The summed E-state index contributed by atoms with van der Waals surface area (Å²) in [6.45, 7) is 0. The molecule has 104 valence electrons. The minimum atomic E-state index is -4.39. The lowest BCUT2D eigenvalue weighted by molar-refractivity contribution is -0.137. The van der Waals surface area contributed by atoms with E-state index in [9.17, 15) is 18.0 Å². The molecule has 0 heterocycles. The zero-order valence-corrected chi connectivity index (χ0v) is 10.7. The first-order valence-corrected chi connectivity index (χ1v) is 6.70. The van der Waals surface area contributed by atoms with Crippen molar-refractivity contribution in [1.82, 2.24) is 0 Å². The number of carbonyl (C=O) groups excluding carboxylic acids is 1. The second-order valence-corrected chi connectivity index (χ2v) is 5.13. The molecule has 1 aromatic rings. The highest BCUT2D eigenvalue weighted by Crippen LogP contribution is 2.31. The van der Waals surface area contributed by atoms with Crippen LogP contribution in [0.3, 0.4) is 0 Å². The molecule has 1 fully saturated rings. The molecule has 0 spiro atoms. The molecule has 1 saturated carbocycles. The summed E-state index contributed by atoms with van der Waals surface area (Å²) in [4.78, 5) is 12.3. The van der Waals surface area contributed by atoms with Crippen molar-refractivity contribution >= 4 is 5.78 Å². The number of rotatable bonds is 2. The van der Waals surface area contributed by atoms with Crippen molar-refractivity contribution in [3.63, 3.8) is 0 Å². The highest BCUT2D eigenvalue weighted by Gasteiger charge is 2.31. The van der Waals surface area contributed by atoms with Crippen LogP contribution in [0.15, 0.2) is 24.3 Å². The van der Waals surface area contributed by atoms with Crippen LogP contribution in [0.1, 0.15) is 54.4 Å². The first-order chi connectivity index (χ1) is 8.98. The summed E-state index contributed by atoms with van der Waals surface area (Å²) >= 11 is 0. The summed E-state index contributed by atoms with van der Waals surface area (Å²) in [6.07, 6.45) is 1.44. The van der Waals surface area contributed by atoms with Crippen molar-refractivity contribution in [2.24, 2.45) is 5.92 Å². The first kappa shape index (κ1) is 14.1. The number of hydrogen-bond donors (Lipinski definition) is 0. The van der Waals surface area contributed by atoms with Gasteiger partial charge >= 0.3 is 6.18 Å². The van der Waals surface area contributed by atoms with Crippen LogP contribution in [0.2, 0.25) is 0 Å². The van der Waals surface area contributed by atoms with Gasteiger partial charge in [-0.25, -0.2) is 0 Å². The van der Waals surface area contributed by atoms with E-state index in [1.807, 2.05) is 0 Å². The van der Waals surface area contributed by atoms with Gasteiger partial charge in [0.2, 0.25) is 0 Å². The molecule has 1 aliphatic rings. The van der Waals surface area contributed by atoms with Gasteiger partial charge < -0.3 is 0 Å². The molecule has 0 bridgehead atoms. The maximum absolute atomic E-state index is 12.6. The third kappa shape index (κ3) is 3.58. The van der Waals surface area contributed by atoms with E-state index in [-0.39, 0.29) is 17.3 Å². The minimum absolute atomic E-state index is 0.106. The predicted molar refractivity (Wildman–Crippen MR) is 67.0 cm³/mol. The monoisotopic (exact) mass is 270 g/mol. The van der Waals surface area contributed by atoms with E-state index < -0.39 is 11.7 Å². The lowest BCUT2D eigenvalue weighted by Crippen LogP contribution is -2.15. The molecule has 0 aliphatic heterocycles. The summed E-state index contributed by atoms with van der Waals surface area (Å²) in [7, 11) is 0. The maximum atomic E-state index is 12.6. The number of hydrogen-bond acceptors (Lipinski definition) is 1. The molecule has 0 saturated heterocycles. The molecule has 1 aromatic carbocycles. The number of alkyl halides is 3. The lowest BCUT2D eigenvalue weighted by atomic mass is 9.90. The Hall–Kier alpha value is -1.32. The van der Waals surface area contributed by atoms with Gasteiger partial charge in [-0.1, -0.05) is 37.8 Å². The Morgan fingerprint density at radius 1 is 1.05 bits per heavy atom. The number of Topliss-reactive ketones (excluding diaryl/α,β-unsaturated/α-hetero) is 1. The van der Waals surface area contributed by atoms with E-state index in [0.717, 1.165) is 50.7 Å². The van der Waals surface area contributed by atoms with Crippen molar-refractivity contribution in [1.29, 1.82) is 0 Å². The largest absolute Gasteiger partial charge is 0.416 e. The van der Waals surface area contributed by atoms with Gasteiger partial charge in [0.05, 0.1) is 5.56 Å². The van der Waals surface area contributed by atoms with Gasteiger partial charge in [-0.15, -0.1) is 0 Å². The molecular weight excluding hydrogens is 253 g/mol. The van der Waals surface area contributed by atoms with Crippen LogP contribution in [0.25, 0.3) is 0 Å². The third-order valence-corrected chi connectivity index (χ3v) is 3.70. The summed E-state index contributed by atoms with van der Waals surface area (Å²) in [5, 5.41) is 0. The SMILES string of the molecule is O=C(c1cccc(C(F)(F)F)c1)C1CCCCCC1. The normalized spacial score (nSPS) is 18.1. The van der Waals surface area contributed by atoms with Gasteiger partial charge in [-0.3, -0.25) is 4.79 Å².